The molecule has 0 radical (unpaired) electrons. The predicted octanol–water partition coefficient (Wildman–Crippen LogP) is 1.61. The first-order valence-electron chi connectivity index (χ1n) is 4.85. The van der Waals surface area contributed by atoms with Crippen molar-refractivity contribution in [3.63, 3.8) is 0 Å². The number of phenols is 1. The van der Waals surface area contributed by atoms with Gasteiger partial charge < -0.3 is 15.2 Å². The molecule has 1 atom stereocenters. The first-order chi connectivity index (χ1) is 6.72. The summed E-state index contributed by atoms with van der Waals surface area (Å²) in [5, 5.41) is 13.0. The van der Waals surface area contributed by atoms with E-state index in [-0.39, 0.29) is 5.75 Å². The Kier molecular flexibility index (Phi) is 2.33. The molecule has 14 heavy (non-hydrogen) atoms. The Hall–Kier alpha value is -1.22. The third-order valence-electron chi connectivity index (χ3n) is 2.75. The largest absolute Gasteiger partial charge is 0.504 e. The molecule has 1 aromatic rings. The fourth-order valence-corrected chi connectivity index (χ4v) is 1.94. The summed E-state index contributed by atoms with van der Waals surface area (Å²) in [6, 6.07) is 4.04. The van der Waals surface area contributed by atoms with E-state index in [1.165, 1.54) is 11.1 Å². The zero-order valence-corrected chi connectivity index (χ0v) is 8.50. The van der Waals surface area contributed by atoms with Crippen LogP contribution in [-0.2, 0) is 6.42 Å². The summed E-state index contributed by atoms with van der Waals surface area (Å²) in [6.45, 7) is 3.09. The highest BCUT2D eigenvalue weighted by atomic mass is 16.5. The van der Waals surface area contributed by atoms with Gasteiger partial charge in [-0.2, -0.15) is 0 Å². The quantitative estimate of drug-likeness (QED) is 0.712. The molecule has 3 nitrogen and oxygen atoms in total. The van der Waals surface area contributed by atoms with Gasteiger partial charge in [-0.1, -0.05) is 0 Å². The van der Waals surface area contributed by atoms with Gasteiger partial charge in [-0.05, 0) is 43.1 Å². The number of phenolic OH excluding ortho intramolecular Hbond substituents is 1. The molecule has 1 heterocycles. The lowest BCUT2D eigenvalue weighted by molar-refractivity contribution is 0.370. The van der Waals surface area contributed by atoms with Crippen LogP contribution >= 0.6 is 0 Å². The topological polar surface area (TPSA) is 41.5 Å². The highest BCUT2D eigenvalue weighted by Crippen LogP contribution is 2.33. The average molecular weight is 193 g/mol. The van der Waals surface area contributed by atoms with Crippen LogP contribution in [0.25, 0.3) is 0 Å². The van der Waals surface area contributed by atoms with Crippen LogP contribution in [0, 0.1) is 0 Å². The van der Waals surface area contributed by atoms with Gasteiger partial charge in [0.15, 0.2) is 11.5 Å². The Morgan fingerprint density at radius 3 is 3.00 bits per heavy atom. The van der Waals surface area contributed by atoms with E-state index in [9.17, 15) is 5.11 Å². The summed E-state index contributed by atoms with van der Waals surface area (Å²) in [5.41, 5.74) is 2.44. The number of benzene rings is 1. The smallest absolute Gasteiger partial charge is 0.160 e. The van der Waals surface area contributed by atoms with E-state index in [2.05, 4.69) is 12.2 Å². The number of methoxy groups -OCH3 is 1. The fraction of sp³-hybridized carbons (Fsp3) is 0.455. The minimum Gasteiger partial charge on any atom is -0.504 e. The molecule has 1 aliphatic rings. The van der Waals surface area contributed by atoms with Crippen molar-refractivity contribution < 1.29 is 9.84 Å². The SMILES string of the molecule is COc1cc2c(cc1O)[C@@H](C)NCC2. The first kappa shape index (κ1) is 9.34. The van der Waals surface area contributed by atoms with Crippen molar-refractivity contribution in [2.45, 2.75) is 19.4 Å². The molecule has 0 spiro atoms. The van der Waals surface area contributed by atoms with E-state index < -0.39 is 0 Å². The molecular formula is C11H15NO2. The average Bonchev–Trinajstić information content (AvgIpc) is 2.19. The van der Waals surface area contributed by atoms with Gasteiger partial charge in [0.25, 0.3) is 0 Å². The lowest BCUT2D eigenvalue weighted by atomic mass is 9.95. The maximum atomic E-state index is 9.63. The first-order valence-corrected chi connectivity index (χ1v) is 4.85. The van der Waals surface area contributed by atoms with Crippen LogP contribution in [0.2, 0.25) is 0 Å². The third-order valence-corrected chi connectivity index (χ3v) is 2.75. The molecule has 0 unspecified atom stereocenters. The molecule has 2 rings (SSSR count). The molecule has 1 aliphatic heterocycles. The third kappa shape index (κ3) is 1.44. The van der Waals surface area contributed by atoms with Crippen LogP contribution < -0.4 is 10.1 Å². The Morgan fingerprint density at radius 1 is 1.50 bits per heavy atom. The number of rotatable bonds is 1. The van der Waals surface area contributed by atoms with Gasteiger partial charge in [-0.15, -0.1) is 0 Å². The van der Waals surface area contributed by atoms with Crippen molar-refractivity contribution >= 4 is 0 Å². The van der Waals surface area contributed by atoms with Crippen molar-refractivity contribution in [3.8, 4) is 11.5 Å². The second-order valence-corrected chi connectivity index (χ2v) is 3.65. The van der Waals surface area contributed by atoms with Crippen LogP contribution in [0.5, 0.6) is 11.5 Å². The van der Waals surface area contributed by atoms with Gasteiger partial charge >= 0.3 is 0 Å². The molecule has 0 bridgehead atoms. The van der Waals surface area contributed by atoms with E-state index in [0.717, 1.165) is 13.0 Å². The van der Waals surface area contributed by atoms with Crippen molar-refractivity contribution in [2.75, 3.05) is 13.7 Å². The summed E-state index contributed by atoms with van der Waals surface area (Å²) in [5.74, 6) is 0.791. The monoisotopic (exact) mass is 193 g/mol. The maximum Gasteiger partial charge on any atom is 0.160 e. The Morgan fingerprint density at radius 2 is 2.29 bits per heavy atom. The highest BCUT2D eigenvalue weighted by Gasteiger charge is 2.18. The summed E-state index contributed by atoms with van der Waals surface area (Å²) in [6.07, 6.45) is 0.996. The lowest BCUT2D eigenvalue weighted by Gasteiger charge is -2.24. The summed E-state index contributed by atoms with van der Waals surface area (Å²) in [4.78, 5) is 0. The van der Waals surface area contributed by atoms with Crippen LogP contribution in [-0.4, -0.2) is 18.8 Å². The second-order valence-electron chi connectivity index (χ2n) is 3.65. The van der Waals surface area contributed by atoms with E-state index >= 15 is 0 Å². The van der Waals surface area contributed by atoms with Crippen molar-refractivity contribution in [2.24, 2.45) is 0 Å². The van der Waals surface area contributed by atoms with Crippen LogP contribution in [0.4, 0.5) is 0 Å². The van der Waals surface area contributed by atoms with Gasteiger partial charge in [0.2, 0.25) is 0 Å². The Balaban J connectivity index is 2.48. The number of ether oxygens (including phenoxy) is 1. The van der Waals surface area contributed by atoms with E-state index in [0.29, 0.717) is 11.8 Å². The molecule has 0 saturated heterocycles. The summed E-state index contributed by atoms with van der Waals surface area (Å²) in [7, 11) is 1.58. The number of fused-ring (bicyclic) bond motifs is 1. The lowest BCUT2D eigenvalue weighted by Crippen LogP contribution is -2.27. The van der Waals surface area contributed by atoms with Gasteiger partial charge in [-0.25, -0.2) is 0 Å². The molecule has 0 amide bonds. The summed E-state index contributed by atoms with van der Waals surface area (Å²) >= 11 is 0. The second kappa shape index (κ2) is 3.50. The molecule has 0 fully saturated rings. The minimum absolute atomic E-state index is 0.224. The molecule has 76 valence electrons. The number of hydrogen-bond donors (Lipinski definition) is 2. The minimum atomic E-state index is 0.224. The number of nitrogens with one attached hydrogen (secondary N) is 1. The maximum absolute atomic E-state index is 9.63. The van der Waals surface area contributed by atoms with E-state index in [1.54, 1.807) is 13.2 Å². The Labute approximate surface area is 83.7 Å². The van der Waals surface area contributed by atoms with Crippen LogP contribution in [0.3, 0.4) is 0 Å². The normalized spacial score (nSPS) is 20.3. The van der Waals surface area contributed by atoms with Crippen molar-refractivity contribution in [1.29, 1.82) is 0 Å². The molecule has 3 heteroatoms. The molecule has 0 aromatic heterocycles. The zero-order valence-electron chi connectivity index (χ0n) is 8.50. The number of hydrogen-bond acceptors (Lipinski definition) is 3. The van der Waals surface area contributed by atoms with Gasteiger partial charge in [-0.3, -0.25) is 0 Å². The van der Waals surface area contributed by atoms with Gasteiger partial charge in [0, 0.05) is 6.04 Å². The molecule has 2 N–H and O–H groups in total. The van der Waals surface area contributed by atoms with Gasteiger partial charge in [0.1, 0.15) is 0 Å². The Bertz CT molecular complexity index is 349. The van der Waals surface area contributed by atoms with Crippen LogP contribution in [0.1, 0.15) is 24.1 Å². The molecular weight excluding hydrogens is 178 g/mol. The zero-order chi connectivity index (χ0) is 10.1. The van der Waals surface area contributed by atoms with Crippen LogP contribution in [0.15, 0.2) is 12.1 Å². The highest BCUT2D eigenvalue weighted by molar-refractivity contribution is 5.48. The summed E-state index contributed by atoms with van der Waals surface area (Å²) < 4.78 is 5.08. The van der Waals surface area contributed by atoms with Crippen molar-refractivity contribution in [1.82, 2.24) is 5.32 Å². The molecule has 0 saturated carbocycles. The van der Waals surface area contributed by atoms with E-state index in [4.69, 9.17) is 4.74 Å². The predicted molar refractivity (Wildman–Crippen MR) is 54.8 cm³/mol. The van der Waals surface area contributed by atoms with E-state index in [1.807, 2.05) is 6.07 Å². The standard InChI is InChI=1S/C11H15NO2/c1-7-9-6-10(13)11(14-2)5-8(9)3-4-12-7/h5-7,12-13H,3-4H2,1-2H3/t7-/m1/s1. The van der Waals surface area contributed by atoms with Gasteiger partial charge in [0.05, 0.1) is 7.11 Å². The fourth-order valence-electron chi connectivity index (χ4n) is 1.94. The van der Waals surface area contributed by atoms with Crippen molar-refractivity contribution in [3.05, 3.63) is 23.3 Å². The molecule has 0 aliphatic carbocycles. The number of aromatic hydroxyl groups is 1. The molecule has 1 aromatic carbocycles.